The average Bonchev–Trinajstić information content (AvgIpc) is 3.24. The lowest BCUT2D eigenvalue weighted by Gasteiger charge is -2.37. The summed E-state index contributed by atoms with van der Waals surface area (Å²) in [6.07, 6.45) is 7.81. The second-order valence-corrected chi connectivity index (χ2v) is 6.65. The Balaban J connectivity index is 1.73. The highest BCUT2D eigenvalue weighted by molar-refractivity contribution is 6.06. The van der Waals surface area contributed by atoms with Crippen LogP contribution in [-0.4, -0.2) is 35.9 Å². The number of carbonyl (C=O) groups is 1. The minimum atomic E-state index is -0.239. The van der Waals surface area contributed by atoms with Crippen molar-refractivity contribution in [1.29, 1.82) is 0 Å². The molecule has 3 heteroatoms. The van der Waals surface area contributed by atoms with Gasteiger partial charge in [-0.15, -0.1) is 0 Å². The van der Waals surface area contributed by atoms with Crippen LogP contribution in [0, 0.1) is 0 Å². The van der Waals surface area contributed by atoms with Crippen molar-refractivity contribution in [3.8, 4) is 5.75 Å². The predicted octanol–water partition coefficient (Wildman–Crippen LogP) is 3.21. The first-order valence-corrected chi connectivity index (χ1v) is 8.36. The fourth-order valence-electron chi connectivity index (χ4n) is 4.44. The highest BCUT2D eigenvalue weighted by Gasteiger charge is 2.47. The summed E-state index contributed by atoms with van der Waals surface area (Å²) in [5.41, 5.74) is 1.80. The lowest BCUT2D eigenvalue weighted by atomic mass is 9.85. The van der Waals surface area contributed by atoms with Crippen molar-refractivity contribution >= 4 is 5.78 Å². The Morgan fingerprint density at radius 3 is 2.62 bits per heavy atom. The molecule has 1 aliphatic carbocycles. The fraction of sp³-hybridized carbons (Fsp3) is 0.611. The predicted molar refractivity (Wildman–Crippen MR) is 82.0 cm³/mol. The van der Waals surface area contributed by atoms with Crippen LogP contribution in [0.25, 0.3) is 0 Å². The van der Waals surface area contributed by atoms with E-state index in [9.17, 15) is 4.79 Å². The van der Waals surface area contributed by atoms with Crippen molar-refractivity contribution in [1.82, 2.24) is 4.90 Å². The van der Waals surface area contributed by atoms with Gasteiger partial charge in [-0.2, -0.15) is 0 Å². The van der Waals surface area contributed by atoms with Gasteiger partial charge in [0.05, 0.1) is 17.7 Å². The molecule has 0 atom stereocenters. The Morgan fingerprint density at radius 1 is 1.10 bits per heavy atom. The van der Waals surface area contributed by atoms with Crippen molar-refractivity contribution < 1.29 is 9.53 Å². The number of fused-ring (bicyclic) bond motifs is 1. The van der Waals surface area contributed by atoms with Gasteiger partial charge in [-0.05, 0) is 50.4 Å². The number of Topliss-reactive ketones (excluding diaryl/α,β-unsaturated/α-hetero) is 1. The van der Waals surface area contributed by atoms with Gasteiger partial charge in [0.2, 0.25) is 0 Å². The van der Waals surface area contributed by atoms with Crippen molar-refractivity contribution in [3.05, 3.63) is 29.3 Å². The molecule has 2 fully saturated rings. The third-order valence-electron chi connectivity index (χ3n) is 5.52. The molecular weight excluding hydrogens is 262 g/mol. The van der Waals surface area contributed by atoms with E-state index >= 15 is 0 Å². The van der Waals surface area contributed by atoms with Gasteiger partial charge in [-0.1, -0.05) is 25.0 Å². The Hall–Kier alpha value is -1.35. The molecule has 3 nitrogen and oxygen atoms in total. The van der Waals surface area contributed by atoms with Crippen LogP contribution in [0.2, 0.25) is 0 Å². The molecule has 0 aromatic heterocycles. The monoisotopic (exact) mass is 285 g/mol. The Morgan fingerprint density at radius 2 is 1.86 bits per heavy atom. The number of para-hydroxylation sites is 1. The summed E-state index contributed by atoms with van der Waals surface area (Å²) < 4.78 is 5.78. The molecule has 1 aromatic rings. The number of ketones is 1. The van der Waals surface area contributed by atoms with E-state index < -0.39 is 0 Å². The molecule has 0 spiro atoms. The number of ether oxygens (including phenoxy) is 1. The van der Waals surface area contributed by atoms with E-state index in [4.69, 9.17) is 4.74 Å². The number of benzene rings is 1. The molecule has 112 valence electrons. The topological polar surface area (TPSA) is 29.5 Å². The van der Waals surface area contributed by atoms with E-state index in [0.717, 1.165) is 50.3 Å². The summed E-state index contributed by atoms with van der Waals surface area (Å²) in [6.45, 7) is 2.89. The molecule has 0 amide bonds. The van der Waals surface area contributed by atoms with Crippen molar-refractivity contribution in [2.75, 3.05) is 19.7 Å². The number of hydrogen-bond acceptors (Lipinski definition) is 3. The number of likely N-dealkylation sites (tertiary alicyclic amines) is 1. The molecule has 0 unspecified atom stereocenters. The summed E-state index contributed by atoms with van der Waals surface area (Å²) in [4.78, 5) is 15.9. The molecule has 2 aliphatic heterocycles. The minimum Gasteiger partial charge on any atom is -0.492 e. The van der Waals surface area contributed by atoms with Gasteiger partial charge in [0.1, 0.15) is 5.75 Å². The minimum absolute atomic E-state index is 0.239. The Bertz CT molecular complexity index is 554. The number of rotatable bonds is 3. The summed E-state index contributed by atoms with van der Waals surface area (Å²) in [6, 6.07) is 6.09. The first-order valence-electron chi connectivity index (χ1n) is 8.36. The van der Waals surface area contributed by atoms with Crippen molar-refractivity contribution in [2.24, 2.45) is 0 Å². The van der Waals surface area contributed by atoms with Crippen LogP contribution in [0.15, 0.2) is 18.2 Å². The molecule has 1 aromatic carbocycles. The summed E-state index contributed by atoms with van der Waals surface area (Å²) >= 11 is 0. The normalized spacial score (nSPS) is 24.0. The zero-order valence-electron chi connectivity index (χ0n) is 12.6. The Labute approximate surface area is 126 Å². The van der Waals surface area contributed by atoms with Crippen molar-refractivity contribution in [2.45, 2.75) is 50.5 Å². The van der Waals surface area contributed by atoms with E-state index in [1.165, 1.54) is 31.2 Å². The third kappa shape index (κ3) is 2.02. The fourth-order valence-corrected chi connectivity index (χ4v) is 4.44. The zero-order chi connectivity index (χ0) is 14.3. The Kier molecular flexibility index (Phi) is 3.26. The number of carbonyl (C=O) groups excluding carboxylic acids is 1. The van der Waals surface area contributed by atoms with Crippen LogP contribution in [-0.2, 0) is 6.42 Å². The van der Waals surface area contributed by atoms with Crippen LogP contribution in [0.4, 0.5) is 0 Å². The average molecular weight is 285 g/mol. The maximum atomic E-state index is 13.4. The highest BCUT2D eigenvalue weighted by Crippen LogP contribution is 2.42. The van der Waals surface area contributed by atoms with E-state index in [2.05, 4.69) is 11.0 Å². The molecule has 4 rings (SSSR count). The first kappa shape index (κ1) is 13.3. The van der Waals surface area contributed by atoms with Gasteiger partial charge in [0.15, 0.2) is 5.78 Å². The standard InChI is InChI=1S/C18H23NO2/c20-17(15-7-5-6-14-8-13-21-16(14)15)18(9-1-2-10-18)19-11-3-4-12-19/h5-7H,1-4,8-13H2. The zero-order valence-corrected chi connectivity index (χ0v) is 12.6. The molecule has 1 saturated heterocycles. The second kappa shape index (κ2) is 5.13. The highest BCUT2D eigenvalue weighted by atomic mass is 16.5. The molecular formula is C18H23NO2. The van der Waals surface area contributed by atoms with Gasteiger partial charge in [0.25, 0.3) is 0 Å². The maximum Gasteiger partial charge on any atom is 0.186 e. The molecule has 21 heavy (non-hydrogen) atoms. The van der Waals surface area contributed by atoms with Crippen LogP contribution in [0.3, 0.4) is 0 Å². The molecule has 1 saturated carbocycles. The number of nitrogens with zero attached hydrogens (tertiary/aromatic N) is 1. The van der Waals surface area contributed by atoms with Gasteiger partial charge >= 0.3 is 0 Å². The summed E-state index contributed by atoms with van der Waals surface area (Å²) in [5.74, 6) is 1.19. The molecule has 0 N–H and O–H groups in total. The lowest BCUT2D eigenvalue weighted by molar-refractivity contribution is 0.0623. The maximum absolute atomic E-state index is 13.4. The van der Waals surface area contributed by atoms with Crippen molar-refractivity contribution in [3.63, 3.8) is 0 Å². The molecule has 0 bridgehead atoms. The third-order valence-corrected chi connectivity index (χ3v) is 5.52. The van der Waals surface area contributed by atoms with E-state index in [1.54, 1.807) is 0 Å². The summed E-state index contributed by atoms with van der Waals surface area (Å²) in [5, 5.41) is 0. The van der Waals surface area contributed by atoms with Crippen LogP contribution in [0.1, 0.15) is 54.4 Å². The van der Waals surface area contributed by atoms with E-state index in [1.807, 2.05) is 12.1 Å². The first-order chi connectivity index (χ1) is 10.3. The number of hydrogen-bond donors (Lipinski definition) is 0. The second-order valence-electron chi connectivity index (χ2n) is 6.65. The van der Waals surface area contributed by atoms with Crippen LogP contribution >= 0.6 is 0 Å². The molecule has 2 heterocycles. The smallest absolute Gasteiger partial charge is 0.186 e. The van der Waals surface area contributed by atoms with Gasteiger partial charge < -0.3 is 4.74 Å². The summed E-state index contributed by atoms with van der Waals surface area (Å²) in [7, 11) is 0. The van der Waals surface area contributed by atoms with Crippen LogP contribution < -0.4 is 4.74 Å². The van der Waals surface area contributed by atoms with E-state index in [0.29, 0.717) is 5.78 Å². The molecule has 0 radical (unpaired) electrons. The largest absolute Gasteiger partial charge is 0.492 e. The van der Waals surface area contributed by atoms with Crippen LogP contribution in [0.5, 0.6) is 5.75 Å². The SMILES string of the molecule is O=C(c1cccc2c1OCC2)C1(N2CCCC2)CCCC1. The lowest BCUT2D eigenvalue weighted by Crippen LogP contribution is -2.51. The quantitative estimate of drug-likeness (QED) is 0.799. The van der Waals surface area contributed by atoms with Gasteiger partial charge in [0, 0.05) is 6.42 Å². The van der Waals surface area contributed by atoms with Gasteiger partial charge in [-0.3, -0.25) is 9.69 Å². The van der Waals surface area contributed by atoms with E-state index in [-0.39, 0.29) is 5.54 Å². The van der Waals surface area contributed by atoms with Gasteiger partial charge in [-0.25, -0.2) is 0 Å². The molecule has 3 aliphatic rings.